The first-order valence-corrected chi connectivity index (χ1v) is 9.13. The Hall–Kier alpha value is -2.56. The zero-order valence-corrected chi connectivity index (χ0v) is 16.0. The molecule has 1 atom stereocenters. The molecule has 0 saturated carbocycles. The number of nitrogens with zero attached hydrogens (tertiary/aromatic N) is 1. The molecular formula is C18H16ClN3O3S. The van der Waals surface area contributed by atoms with Gasteiger partial charge in [0.2, 0.25) is 0 Å². The van der Waals surface area contributed by atoms with Crippen LogP contribution in [0.1, 0.15) is 29.9 Å². The minimum Gasteiger partial charge on any atom is -0.466 e. The normalized spacial score (nSPS) is 18.3. The molecule has 0 spiro atoms. The Labute approximate surface area is 159 Å². The predicted octanol–water partition coefficient (Wildman–Crippen LogP) is 3.87. The number of amides is 2. The van der Waals surface area contributed by atoms with E-state index in [0.29, 0.717) is 33.4 Å². The van der Waals surface area contributed by atoms with Crippen molar-refractivity contribution in [1.29, 1.82) is 5.26 Å². The molecule has 6 nitrogen and oxygen atoms in total. The van der Waals surface area contributed by atoms with E-state index in [1.54, 1.807) is 18.2 Å². The summed E-state index contributed by atoms with van der Waals surface area (Å²) in [6, 6.07) is 6.88. The highest BCUT2D eigenvalue weighted by Gasteiger charge is 2.47. The van der Waals surface area contributed by atoms with Crippen LogP contribution in [0.5, 0.6) is 5.75 Å². The second kappa shape index (κ2) is 6.63. The molecule has 26 heavy (non-hydrogen) atoms. The molecule has 8 heteroatoms. The fourth-order valence-electron chi connectivity index (χ4n) is 2.78. The SMILES string of the molecule is CCc1c(C)sc(NC(=O)C2(C)Oc3ccc(Cl)cc3NC2=O)c1C#N. The Kier molecular flexibility index (Phi) is 4.65. The molecule has 2 N–H and O–H groups in total. The lowest BCUT2D eigenvalue weighted by atomic mass is 10.0. The van der Waals surface area contributed by atoms with Crippen LogP contribution < -0.4 is 15.4 Å². The van der Waals surface area contributed by atoms with Crippen LogP contribution in [0.3, 0.4) is 0 Å². The van der Waals surface area contributed by atoms with E-state index in [-0.39, 0.29) is 0 Å². The average molecular weight is 390 g/mol. The van der Waals surface area contributed by atoms with E-state index in [2.05, 4.69) is 16.7 Å². The van der Waals surface area contributed by atoms with E-state index < -0.39 is 17.4 Å². The first-order valence-electron chi connectivity index (χ1n) is 7.94. The first-order chi connectivity index (χ1) is 12.3. The van der Waals surface area contributed by atoms with Crippen LogP contribution >= 0.6 is 22.9 Å². The van der Waals surface area contributed by atoms with Crippen LogP contribution in [-0.4, -0.2) is 17.4 Å². The summed E-state index contributed by atoms with van der Waals surface area (Å²) in [5.74, 6) is -0.896. The molecule has 0 bridgehead atoms. The van der Waals surface area contributed by atoms with Crippen molar-refractivity contribution in [1.82, 2.24) is 0 Å². The van der Waals surface area contributed by atoms with Gasteiger partial charge in [0, 0.05) is 9.90 Å². The molecule has 1 aromatic heterocycles. The number of ether oxygens (including phenoxy) is 1. The van der Waals surface area contributed by atoms with Crippen molar-refractivity contribution in [2.24, 2.45) is 0 Å². The number of benzene rings is 1. The van der Waals surface area contributed by atoms with Crippen molar-refractivity contribution in [3.63, 3.8) is 0 Å². The molecule has 1 aromatic carbocycles. The van der Waals surface area contributed by atoms with E-state index in [9.17, 15) is 14.9 Å². The number of anilines is 2. The molecule has 1 aliphatic rings. The fraction of sp³-hybridized carbons (Fsp3) is 0.278. The van der Waals surface area contributed by atoms with E-state index in [1.807, 2.05) is 13.8 Å². The molecular weight excluding hydrogens is 374 g/mol. The van der Waals surface area contributed by atoms with Crippen LogP contribution in [0.15, 0.2) is 18.2 Å². The lowest BCUT2D eigenvalue weighted by Gasteiger charge is -2.33. The minimum atomic E-state index is -1.77. The predicted molar refractivity (Wildman–Crippen MR) is 101 cm³/mol. The molecule has 1 unspecified atom stereocenters. The summed E-state index contributed by atoms with van der Waals surface area (Å²) in [4.78, 5) is 26.3. The summed E-state index contributed by atoms with van der Waals surface area (Å²) in [6.45, 7) is 5.23. The summed E-state index contributed by atoms with van der Waals surface area (Å²) in [6.07, 6.45) is 0.684. The number of carbonyl (C=O) groups excluding carboxylic acids is 2. The third-order valence-corrected chi connectivity index (χ3v) is 5.57. The van der Waals surface area contributed by atoms with E-state index >= 15 is 0 Å². The van der Waals surface area contributed by atoms with Gasteiger partial charge in [0.25, 0.3) is 17.4 Å². The van der Waals surface area contributed by atoms with Gasteiger partial charge in [-0.1, -0.05) is 18.5 Å². The van der Waals surface area contributed by atoms with Gasteiger partial charge in [0.1, 0.15) is 16.8 Å². The first kappa shape index (κ1) is 18.2. The molecule has 1 aliphatic heterocycles. The van der Waals surface area contributed by atoms with Gasteiger partial charge in [-0.25, -0.2) is 0 Å². The highest BCUT2D eigenvalue weighted by Crippen LogP contribution is 2.37. The Balaban J connectivity index is 1.92. The van der Waals surface area contributed by atoms with Crippen molar-refractivity contribution in [2.75, 3.05) is 10.6 Å². The van der Waals surface area contributed by atoms with Gasteiger partial charge in [-0.3, -0.25) is 9.59 Å². The van der Waals surface area contributed by atoms with E-state index in [4.69, 9.17) is 16.3 Å². The number of aryl methyl sites for hydroxylation is 1. The number of hydrogen-bond acceptors (Lipinski definition) is 5. The largest absolute Gasteiger partial charge is 0.466 e. The topological polar surface area (TPSA) is 91.2 Å². The second-order valence-corrected chi connectivity index (χ2v) is 7.65. The summed E-state index contributed by atoms with van der Waals surface area (Å²) < 4.78 is 5.70. The number of hydrogen-bond donors (Lipinski definition) is 2. The molecule has 0 aliphatic carbocycles. The Morgan fingerprint density at radius 2 is 2.23 bits per heavy atom. The quantitative estimate of drug-likeness (QED) is 0.779. The number of nitriles is 1. The van der Waals surface area contributed by atoms with Gasteiger partial charge in [-0.2, -0.15) is 5.26 Å². The summed E-state index contributed by atoms with van der Waals surface area (Å²) in [5.41, 5.74) is -0.0364. The summed E-state index contributed by atoms with van der Waals surface area (Å²) in [5, 5.41) is 15.6. The third-order valence-electron chi connectivity index (χ3n) is 4.27. The van der Waals surface area contributed by atoms with Crippen molar-refractivity contribution in [3.05, 3.63) is 39.2 Å². The fourth-order valence-corrected chi connectivity index (χ4v) is 4.04. The van der Waals surface area contributed by atoms with Crippen LogP contribution in [-0.2, 0) is 16.0 Å². The lowest BCUT2D eigenvalue weighted by molar-refractivity contribution is -0.143. The maximum atomic E-state index is 12.8. The van der Waals surface area contributed by atoms with E-state index in [0.717, 1.165) is 10.4 Å². The van der Waals surface area contributed by atoms with Gasteiger partial charge < -0.3 is 15.4 Å². The van der Waals surface area contributed by atoms with Crippen LogP contribution in [0.25, 0.3) is 0 Å². The van der Waals surface area contributed by atoms with Crippen molar-refractivity contribution in [3.8, 4) is 11.8 Å². The van der Waals surface area contributed by atoms with Gasteiger partial charge >= 0.3 is 0 Å². The average Bonchev–Trinajstić information content (AvgIpc) is 2.90. The standard InChI is InChI=1S/C18H16ClN3O3S/c1-4-11-9(2)26-15(12(11)8-20)22-17(24)18(3)16(23)21-13-7-10(19)5-6-14(13)25-18/h5-7H,4H2,1-3H3,(H,21,23)(H,22,24). The van der Waals surface area contributed by atoms with Crippen molar-refractivity contribution < 1.29 is 14.3 Å². The van der Waals surface area contributed by atoms with E-state index in [1.165, 1.54) is 18.3 Å². The van der Waals surface area contributed by atoms with Crippen LogP contribution in [0, 0.1) is 18.3 Å². The molecule has 2 heterocycles. The maximum absolute atomic E-state index is 12.8. The number of nitrogens with one attached hydrogen (secondary N) is 2. The maximum Gasteiger partial charge on any atom is 0.278 e. The molecule has 2 aromatic rings. The molecule has 0 saturated heterocycles. The minimum absolute atomic E-state index is 0.351. The van der Waals surface area contributed by atoms with Crippen molar-refractivity contribution in [2.45, 2.75) is 32.8 Å². The third kappa shape index (κ3) is 2.91. The zero-order chi connectivity index (χ0) is 19.1. The Bertz CT molecular complexity index is 963. The Morgan fingerprint density at radius 1 is 1.50 bits per heavy atom. The highest BCUT2D eigenvalue weighted by molar-refractivity contribution is 7.16. The number of rotatable bonds is 3. The van der Waals surface area contributed by atoms with Crippen molar-refractivity contribution >= 4 is 45.4 Å². The number of halogens is 1. The monoisotopic (exact) mass is 389 g/mol. The molecule has 134 valence electrons. The number of fused-ring (bicyclic) bond motifs is 1. The lowest BCUT2D eigenvalue weighted by Crippen LogP contribution is -2.56. The van der Waals surface area contributed by atoms with Gasteiger partial charge in [-0.05, 0) is 44.0 Å². The number of carbonyl (C=O) groups is 2. The summed E-state index contributed by atoms with van der Waals surface area (Å²) >= 11 is 7.22. The second-order valence-electron chi connectivity index (χ2n) is 5.99. The Morgan fingerprint density at radius 3 is 2.88 bits per heavy atom. The van der Waals surface area contributed by atoms with Crippen LogP contribution in [0.2, 0.25) is 5.02 Å². The molecule has 3 rings (SSSR count). The molecule has 2 amide bonds. The highest BCUT2D eigenvalue weighted by atomic mass is 35.5. The zero-order valence-electron chi connectivity index (χ0n) is 14.4. The molecule has 0 fully saturated rings. The van der Waals surface area contributed by atoms with Gasteiger partial charge in [0.15, 0.2) is 0 Å². The smallest absolute Gasteiger partial charge is 0.278 e. The molecule has 0 radical (unpaired) electrons. The van der Waals surface area contributed by atoms with Crippen LogP contribution in [0.4, 0.5) is 10.7 Å². The summed E-state index contributed by atoms with van der Waals surface area (Å²) in [7, 11) is 0. The number of thiophene rings is 1. The van der Waals surface area contributed by atoms with Gasteiger partial charge in [0.05, 0.1) is 11.3 Å². The van der Waals surface area contributed by atoms with Gasteiger partial charge in [-0.15, -0.1) is 11.3 Å².